The Balaban J connectivity index is 1.83. The summed E-state index contributed by atoms with van der Waals surface area (Å²) >= 11 is 0. The number of anilines is 1. The van der Waals surface area contributed by atoms with Gasteiger partial charge in [-0.3, -0.25) is 9.67 Å². The average Bonchev–Trinajstić information content (AvgIpc) is 2.88. The minimum absolute atomic E-state index is 0.220. The van der Waals surface area contributed by atoms with Gasteiger partial charge in [0.15, 0.2) is 0 Å². The van der Waals surface area contributed by atoms with Gasteiger partial charge in [0.2, 0.25) is 0 Å². The molecule has 1 atom stereocenters. The molecule has 0 radical (unpaired) electrons. The van der Waals surface area contributed by atoms with E-state index in [0.29, 0.717) is 19.0 Å². The van der Waals surface area contributed by atoms with Crippen LogP contribution in [0, 0.1) is 6.92 Å². The molecule has 0 aliphatic carbocycles. The molecule has 0 aromatic carbocycles. The molecule has 118 valence electrons. The lowest BCUT2D eigenvalue weighted by atomic mass is 10.2. The first-order chi connectivity index (χ1) is 10.6. The fourth-order valence-electron chi connectivity index (χ4n) is 2.18. The molecule has 2 heterocycles. The molecule has 2 N–H and O–H groups in total. The van der Waals surface area contributed by atoms with Gasteiger partial charge in [-0.1, -0.05) is 13.0 Å². The van der Waals surface area contributed by atoms with Gasteiger partial charge in [0.1, 0.15) is 0 Å². The number of rotatable bonds is 6. The van der Waals surface area contributed by atoms with Crippen molar-refractivity contribution in [2.75, 3.05) is 11.9 Å². The number of carbonyl (C=O) groups excluding carboxylic acids is 1. The quantitative estimate of drug-likeness (QED) is 0.861. The molecule has 2 rings (SSSR count). The summed E-state index contributed by atoms with van der Waals surface area (Å²) in [5, 5.41) is 10.0. The van der Waals surface area contributed by atoms with E-state index in [2.05, 4.69) is 34.6 Å². The molecule has 0 bridgehead atoms. The van der Waals surface area contributed by atoms with Gasteiger partial charge < -0.3 is 10.6 Å². The zero-order valence-corrected chi connectivity index (χ0v) is 13.3. The highest BCUT2D eigenvalue weighted by atomic mass is 16.2. The molecule has 0 spiro atoms. The Morgan fingerprint density at radius 2 is 2.23 bits per heavy atom. The highest BCUT2D eigenvalue weighted by Crippen LogP contribution is 2.19. The van der Waals surface area contributed by atoms with Crippen LogP contribution < -0.4 is 10.6 Å². The number of amides is 2. The standard InChI is InChI=1S/C16H23N5O/c1-4-12(2)21-13(3)15(11-19-21)20-16(22)18-10-8-14-7-5-6-9-17-14/h5-7,9,11-12H,4,8,10H2,1-3H3,(H2,18,20,22). The third-order valence-electron chi connectivity index (χ3n) is 3.69. The molecular weight excluding hydrogens is 278 g/mol. The smallest absolute Gasteiger partial charge is 0.319 e. The van der Waals surface area contributed by atoms with E-state index < -0.39 is 0 Å². The molecule has 6 nitrogen and oxygen atoms in total. The lowest BCUT2D eigenvalue weighted by molar-refractivity contribution is 0.252. The number of hydrogen-bond acceptors (Lipinski definition) is 3. The van der Waals surface area contributed by atoms with Crippen LogP contribution in [0.3, 0.4) is 0 Å². The molecule has 0 fully saturated rings. The van der Waals surface area contributed by atoms with E-state index in [0.717, 1.165) is 23.5 Å². The molecule has 2 amide bonds. The van der Waals surface area contributed by atoms with Crippen molar-refractivity contribution >= 4 is 11.7 Å². The monoisotopic (exact) mass is 301 g/mol. The van der Waals surface area contributed by atoms with Gasteiger partial charge >= 0.3 is 6.03 Å². The maximum atomic E-state index is 11.9. The lowest BCUT2D eigenvalue weighted by Crippen LogP contribution is -2.30. The van der Waals surface area contributed by atoms with E-state index in [1.165, 1.54) is 0 Å². The Morgan fingerprint density at radius 1 is 1.41 bits per heavy atom. The maximum absolute atomic E-state index is 11.9. The van der Waals surface area contributed by atoms with Crippen LogP contribution in [0.2, 0.25) is 0 Å². The first-order valence-electron chi connectivity index (χ1n) is 7.60. The summed E-state index contributed by atoms with van der Waals surface area (Å²) < 4.78 is 1.93. The first kappa shape index (κ1) is 16.0. The van der Waals surface area contributed by atoms with Crippen molar-refractivity contribution in [3.05, 3.63) is 42.0 Å². The fourth-order valence-corrected chi connectivity index (χ4v) is 2.18. The topological polar surface area (TPSA) is 71.8 Å². The molecule has 0 aliphatic heterocycles. The summed E-state index contributed by atoms with van der Waals surface area (Å²) in [6.45, 7) is 6.73. The van der Waals surface area contributed by atoms with Gasteiger partial charge in [-0.15, -0.1) is 0 Å². The Kier molecular flexibility index (Phi) is 5.52. The van der Waals surface area contributed by atoms with Gasteiger partial charge in [-0.2, -0.15) is 5.10 Å². The normalized spacial score (nSPS) is 12.0. The van der Waals surface area contributed by atoms with Crippen molar-refractivity contribution in [3.63, 3.8) is 0 Å². The number of pyridine rings is 1. The van der Waals surface area contributed by atoms with Gasteiger partial charge in [0.25, 0.3) is 0 Å². The van der Waals surface area contributed by atoms with Gasteiger partial charge in [0.05, 0.1) is 17.6 Å². The van der Waals surface area contributed by atoms with Gasteiger partial charge in [-0.05, 0) is 32.4 Å². The summed E-state index contributed by atoms with van der Waals surface area (Å²) in [5.74, 6) is 0. The second-order valence-corrected chi connectivity index (χ2v) is 5.30. The molecule has 2 aromatic rings. The number of nitrogens with one attached hydrogen (secondary N) is 2. The van der Waals surface area contributed by atoms with E-state index >= 15 is 0 Å². The first-order valence-corrected chi connectivity index (χ1v) is 7.60. The third-order valence-corrected chi connectivity index (χ3v) is 3.69. The molecule has 22 heavy (non-hydrogen) atoms. The van der Waals surface area contributed by atoms with E-state index in [9.17, 15) is 4.79 Å². The summed E-state index contributed by atoms with van der Waals surface area (Å²) in [4.78, 5) is 16.1. The molecular formula is C16H23N5O. The molecule has 0 saturated heterocycles. The van der Waals surface area contributed by atoms with Gasteiger partial charge in [0, 0.05) is 30.9 Å². The number of nitrogens with zero attached hydrogens (tertiary/aromatic N) is 3. The van der Waals surface area contributed by atoms with E-state index in [-0.39, 0.29) is 6.03 Å². The van der Waals surface area contributed by atoms with Crippen LogP contribution in [0.1, 0.15) is 37.7 Å². The van der Waals surface area contributed by atoms with Crippen LogP contribution >= 0.6 is 0 Å². The second-order valence-electron chi connectivity index (χ2n) is 5.30. The number of carbonyl (C=O) groups is 1. The number of aromatic nitrogens is 3. The average molecular weight is 301 g/mol. The van der Waals surface area contributed by atoms with Crippen molar-refractivity contribution < 1.29 is 4.79 Å². The Morgan fingerprint density at radius 3 is 2.91 bits per heavy atom. The predicted molar refractivity (Wildman–Crippen MR) is 86.9 cm³/mol. The lowest BCUT2D eigenvalue weighted by Gasteiger charge is -2.12. The van der Waals surface area contributed by atoms with E-state index in [4.69, 9.17) is 0 Å². The molecule has 1 unspecified atom stereocenters. The largest absolute Gasteiger partial charge is 0.337 e. The van der Waals surface area contributed by atoms with E-state index in [1.807, 2.05) is 29.8 Å². The summed E-state index contributed by atoms with van der Waals surface area (Å²) in [7, 11) is 0. The van der Waals surface area contributed by atoms with Crippen molar-refractivity contribution in [1.29, 1.82) is 0 Å². The highest BCUT2D eigenvalue weighted by molar-refractivity contribution is 5.89. The number of urea groups is 1. The molecule has 6 heteroatoms. The molecule has 2 aromatic heterocycles. The Bertz CT molecular complexity index is 608. The van der Waals surface area contributed by atoms with Crippen molar-refractivity contribution in [3.8, 4) is 0 Å². The van der Waals surface area contributed by atoms with Crippen LogP contribution in [-0.2, 0) is 6.42 Å². The van der Waals surface area contributed by atoms with E-state index in [1.54, 1.807) is 12.4 Å². The molecule has 0 saturated carbocycles. The van der Waals surface area contributed by atoms with Crippen molar-refractivity contribution in [1.82, 2.24) is 20.1 Å². The van der Waals surface area contributed by atoms with Crippen LogP contribution in [-0.4, -0.2) is 27.3 Å². The summed E-state index contributed by atoms with van der Waals surface area (Å²) in [5.41, 5.74) is 2.67. The molecule has 0 aliphatic rings. The SMILES string of the molecule is CCC(C)n1ncc(NC(=O)NCCc2ccccn2)c1C. The zero-order valence-electron chi connectivity index (χ0n) is 13.3. The fraction of sp³-hybridized carbons (Fsp3) is 0.438. The van der Waals surface area contributed by atoms with Crippen LogP contribution in [0.15, 0.2) is 30.6 Å². The minimum Gasteiger partial charge on any atom is -0.337 e. The highest BCUT2D eigenvalue weighted by Gasteiger charge is 2.12. The van der Waals surface area contributed by atoms with Crippen molar-refractivity contribution in [2.24, 2.45) is 0 Å². The predicted octanol–water partition coefficient (Wildman–Crippen LogP) is 2.92. The maximum Gasteiger partial charge on any atom is 0.319 e. The second kappa shape index (κ2) is 7.59. The van der Waals surface area contributed by atoms with Gasteiger partial charge in [-0.25, -0.2) is 4.79 Å². The Labute approximate surface area is 130 Å². The summed E-state index contributed by atoms with van der Waals surface area (Å²) in [6.07, 6.45) is 5.15. The number of hydrogen-bond donors (Lipinski definition) is 2. The Hall–Kier alpha value is -2.37. The summed E-state index contributed by atoms with van der Waals surface area (Å²) in [6, 6.07) is 5.86. The van der Waals surface area contributed by atoms with Crippen LogP contribution in [0.4, 0.5) is 10.5 Å². The van der Waals surface area contributed by atoms with Crippen LogP contribution in [0.25, 0.3) is 0 Å². The van der Waals surface area contributed by atoms with Crippen molar-refractivity contribution in [2.45, 2.75) is 39.7 Å². The van der Waals surface area contributed by atoms with Crippen LogP contribution in [0.5, 0.6) is 0 Å². The third kappa shape index (κ3) is 4.07. The minimum atomic E-state index is -0.220. The zero-order chi connectivity index (χ0) is 15.9.